The fourth-order valence-corrected chi connectivity index (χ4v) is 2.61. The Balaban J connectivity index is 2.17. The SMILES string of the molecule is C#CC[N+](C)(CC)C(=O)Oc1ccc2c(c1)CCCC2N. The van der Waals surface area contributed by atoms with E-state index in [9.17, 15) is 4.79 Å². The summed E-state index contributed by atoms with van der Waals surface area (Å²) in [6, 6.07) is 5.82. The molecule has 21 heavy (non-hydrogen) atoms. The number of hydrogen-bond acceptors (Lipinski definition) is 3. The van der Waals surface area contributed by atoms with Crippen LogP contribution in [0.2, 0.25) is 0 Å². The van der Waals surface area contributed by atoms with Crippen LogP contribution in [0.25, 0.3) is 0 Å². The minimum Gasteiger partial charge on any atom is -0.381 e. The van der Waals surface area contributed by atoms with Crippen LogP contribution in [-0.2, 0) is 6.42 Å². The number of rotatable bonds is 3. The molecule has 1 aromatic carbocycles. The van der Waals surface area contributed by atoms with E-state index in [0.717, 1.165) is 24.8 Å². The van der Waals surface area contributed by atoms with Gasteiger partial charge < -0.3 is 10.5 Å². The summed E-state index contributed by atoms with van der Waals surface area (Å²) in [4.78, 5) is 12.3. The number of carbonyl (C=O) groups is 1. The average Bonchev–Trinajstić information content (AvgIpc) is 2.47. The van der Waals surface area contributed by atoms with Gasteiger partial charge in [-0.1, -0.05) is 6.07 Å². The van der Waals surface area contributed by atoms with Gasteiger partial charge in [0, 0.05) is 6.04 Å². The van der Waals surface area contributed by atoms with E-state index in [1.54, 1.807) is 7.05 Å². The van der Waals surface area contributed by atoms with E-state index in [4.69, 9.17) is 16.9 Å². The predicted molar refractivity (Wildman–Crippen MR) is 82.8 cm³/mol. The molecular formula is C17H23N2O2+. The second-order valence-electron chi connectivity index (χ2n) is 5.80. The number of carbonyl (C=O) groups excluding carboxylic acids is 1. The molecule has 4 nitrogen and oxygen atoms in total. The summed E-state index contributed by atoms with van der Waals surface area (Å²) >= 11 is 0. The maximum atomic E-state index is 12.3. The Labute approximate surface area is 126 Å². The third kappa shape index (κ3) is 3.26. The maximum Gasteiger partial charge on any atom is 0.522 e. The molecule has 0 aromatic heterocycles. The summed E-state index contributed by atoms with van der Waals surface area (Å²) in [5.41, 5.74) is 8.44. The molecule has 1 aromatic rings. The average molecular weight is 287 g/mol. The highest BCUT2D eigenvalue weighted by atomic mass is 16.6. The fourth-order valence-electron chi connectivity index (χ4n) is 2.61. The van der Waals surface area contributed by atoms with Gasteiger partial charge in [0.2, 0.25) is 0 Å². The molecule has 0 radical (unpaired) electrons. The molecule has 2 N–H and O–H groups in total. The molecular weight excluding hydrogens is 264 g/mol. The maximum absolute atomic E-state index is 12.3. The van der Waals surface area contributed by atoms with Gasteiger partial charge in [-0.05, 0) is 55.4 Å². The monoisotopic (exact) mass is 287 g/mol. The summed E-state index contributed by atoms with van der Waals surface area (Å²) in [7, 11) is 1.79. The van der Waals surface area contributed by atoms with Gasteiger partial charge in [0.1, 0.15) is 12.3 Å². The van der Waals surface area contributed by atoms with E-state index < -0.39 is 0 Å². The van der Waals surface area contributed by atoms with E-state index in [2.05, 4.69) is 5.92 Å². The van der Waals surface area contributed by atoms with Crippen molar-refractivity contribution >= 4 is 6.09 Å². The quantitative estimate of drug-likeness (QED) is 0.687. The highest BCUT2D eigenvalue weighted by molar-refractivity contribution is 5.64. The largest absolute Gasteiger partial charge is 0.522 e. The molecule has 1 aliphatic carbocycles. The summed E-state index contributed by atoms with van der Waals surface area (Å²) in [5, 5.41) is 0. The van der Waals surface area contributed by atoms with E-state index in [0.29, 0.717) is 18.8 Å². The van der Waals surface area contributed by atoms with Crippen molar-refractivity contribution in [3.8, 4) is 18.1 Å². The number of amides is 1. The van der Waals surface area contributed by atoms with Crippen LogP contribution >= 0.6 is 0 Å². The first kappa shape index (κ1) is 15.6. The van der Waals surface area contributed by atoms with E-state index >= 15 is 0 Å². The van der Waals surface area contributed by atoms with Gasteiger partial charge in [0.25, 0.3) is 0 Å². The van der Waals surface area contributed by atoms with Crippen LogP contribution in [0, 0.1) is 12.3 Å². The number of benzene rings is 1. The van der Waals surface area contributed by atoms with Crippen molar-refractivity contribution in [1.82, 2.24) is 0 Å². The third-order valence-electron chi connectivity index (χ3n) is 4.26. The predicted octanol–water partition coefficient (Wildman–Crippen LogP) is 2.62. The van der Waals surface area contributed by atoms with E-state index in [-0.39, 0.29) is 16.6 Å². The van der Waals surface area contributed by atoms with Gasteiger partial charge in [-0.3, -0.25) is 0 Å². The molecule has 0 heterocycles. The van der Waals surface area contributed by atoms with E-state index in [1.807, 2.05) is 25.1 Å². The van der Waals surface area contributed by atoms with Crippen molar-refractivity contribution in [2.75, 3.05) is 20.1 Å². The standard InChI is InChI=1S/C17H23N2O2/c1-4-11-19(3,5-2)17(20)21-14-9-10-15-13(12-14)7-6-8-16(15)18/h1,9-10,12,16H,5-8,11,18H2,2-3H3/q+1. The second-order valence-corrected chi connectivity index (χ2v) is 5.80. The van der Waals surface area contributed by atoms with Gasteiger partial charge in [0.05, 0.1) is 13.6 Å². The number of terminal acetylenes is 1. The van der Waals surface area contributed by atoms with Gasteiger partial charge in [-0.15, -0.1) is 6.42 Å². The minimum absolute atomic E-state index is 0.0765. The number of nitrogens with zero attached hydrogens (tertiary/aromatic N) is 1. The Morgan fingerprint density at radius 3 is 3.00 bits per heavy atom. The highest BCUT2D eigenvalue weighted by Gasteiger charge is 2.32. The van der Waals surface area contributed by atoms with Gasteiger partial charge in [0.15, 0.2) is 0 Å². The molecule has 0 bridgehead atoms. The van der Waals surface area contributed by atoms with Crippen molar-refractivity contribution < 1.29 is 14.0 Å². The van der Waals surface area contributed by atoms with E-state index in [1.165, 1.54) is 5.56 Å². The topological polar surface area (TPSA) is 52.3 Å². The van der Waals surface area contributed by atoms with Crippen molar-refractivity contribution in [2.24, 2.45) is 5.73 Å². The minimum atomic E-state index is -0.324. The summed E-state index contributed by atoms with van der Waals surface area (Å²) in [6.07, 6.45) is 8.09. The van der Waals surface area contributed by atoms with Crippen LogP contribution in [0.3, 0.4) is 0 Å². The van der Waals surface area contributed by atoms with Gasteiger partial charge in [-0.25, -0.2) is 4.48 Å². The highest BCUT2D eigenvalue weighted by Crippen LogP contribution is 2.30. The molecule has 0 aliphatic heterocycles. The Morgan fingerprint density at radius 2 is 2.33 bits per heavy atom. The first-order valence-electron chi connectivity index (χ1n) is 7.39. The molecule has 0 fully saturated rings. The van der Waals surface area contributed by atoms with Crippen molar-refractivity contribution in [3.63, 3.8) is 0 Å². The fraction of sp³-hybridized carbons (Fsp3) is 0.471. The first-order chi connectivity index (χ1) is 10.00. The van der Waals surface area contributed by atoms with Crippen molar-refractivity contribution in [3.05, 3.63) is 29.3 Å². The Bertz CT molecular complexity index is 577. The van der Waals surface area contributed by atoms with Crippen molar-refractivity contribution in [2.45, 2.75) is 32.2 Å². The number of aryl methyl sites for hydroxylation is 1. The van der Waals surface area contributed by atoms with Gasteiger partial charge in [-0.2, -0.15) is 4.79 Å². The van der Waals surface area contributed by atoms with Crippen LogP contribution in [0.4, 0.5) is 4.79 Å². The molecule has 112 valence electrons. The Kier molecular flexibility index (Phi) is 4.66. The third-order valence-corrected chi connectivity index (χ3v) is 4.26. The molecule has 2 unspecified atom stereocenters. The van der Waals surface area contributed by atoms with Crippen LogP contribution in [-0.4, -0.2) is 30.7 Å². The molecule has 1 aliphatic rings. The lowest BCUT2D eigenvalue weighted by Crippen LogP contribution is -2.51. The summed E-state index contributed by atoms with van der Waals surface area (Å²) in [6.45, 7) is 2.84. The molecule has 2 rings (SSSR count). The summed E-state index contributed by atoms with van der Waals surface area (Å²) < 4.78 is 5.60. The number of hydrogen-bond donors (Lipinski definition) is 1. The molecule has 0 saturated heterocycles. The molecule has 2 atom stereocenters. The van der Waals surface area contributed by atoms with Gasteiger partial charge >= 0.3 is 6.09 Å². The van der Waals surface area contributed by atoms with Crippen LogP contribution < -0.4 is 10.5 Å². The number of fused-ring (bicyclic) bond motifs is 1. The number of quaternary nitrogens is 1. The first-order valence-corrected chi connectivity index (χ1v) is 7.39. The van der Waals surface area contributed by atoms with Crippen LogP contribution in [0.1, 0.15) is 36.9 Å². The number of nitrogens with two attached hydrogens (primary N) is 1. The Hall–Kier alpha value is -1.83. The molecule has 0 spiro atoms. The lowest BCUT2D eigenvalue weighted by molar-refractivity contribution is -0.826. The van der Waals surface area contributed by atoms with Crippen molar-refractivity contribution in [1.29, 1.82) is 0 Å². The molecule has 0 saturated carbocycles. The molecule has 4 heteroatoms. The zero-order chi connectivity index (χ0) is 15.5. The summed E-state index contributed by atoms with van der Waals surface area (Å²) in [5.74, 6) is 3.11. The van der Waals surface area contributed by atoms with Crippen LogP contribution in [0.5, 0.6) is 5.75 Å². The molecule has 1 amide bonds. The second kappa shape index (κ2) is 6.30. The normalized spacial score (nSPS) is 20.0. The number of ether oxygens (including phenoxy) is 1. The smallest absolute Gasteiger partial charge is 0.381 e. The van der Waals surface area contributed by atoms with Crippen LogP contribution in [0.15, 0.2) is 18.2 Å². The zero-order valence-corrected chi connectivity index (χ0v) is 12.8. The Morgan fingerprint density at radius 1 is 1.57 bits per heavy atom. The lowest BCUT2D eigenvalue weighted by Gasteiger charge is -2.27. The lowest BCUT2D eigenvalue weighted by atomic mass is 9.88. The zero-order valence-electron chi connectivity index (χ0n) is 12.8.